The van der Waals surface area contributed by atoms with Gasteiger partial charge in [0.2, 0.25) is 0 Å². The molecule has 2 aromatic rings. The van der Waals surface area contributed by atoms with E-state index in [0.717, 1.165) is 10.9 Å². The van der Waals surface area contributed by atoms with Gasteiger partial charge in [-0.25, -0.2) is 4.79 Å². The first-order chi connectivity index (χ1) is 8.50. The molecule has 0 aliphatic heterocycles. The van der Waals surface area contributed by atoms with E-state index in [4.69, 9.17) is 10.5 Å². The minimum atomic E-state index is -0.563. The van der Waals surface area contributed by atoms with Crippen molar-refractivity contribution < 1.29 is 14.3 Å². The van der Waals surface area contributed by atoms with E-state index in [1.165, 1.54) is 11.5 Å². The van der Waals surface area contributed by atoms with Crippen molar-refractivity contribution in [2.45, 2.75) is 20.0 Å². The Morgan fingerprint density at radius 2 is 2.00 bits per heavy atom. The summed E-state index contributed by atoms with van der Waals surface area (Å²) in [7, 11) is 0. The minimum absolute atomic E-state index is 0.363. The van der Waals surface area contributed by atoms with Crippen LogP contribution in [0.3, 0.4) is 0 Å². The van der Waals surface area contributed by atoms with E-state index in [0.29, 0.717) is 5.52 Å². The Labute approximate surface area is 104 Å². The van der Waals surface area contributed by atoms with Crippen molar-refractivity contribution in [2.24, 2.45) is 5.73 Å². The van der Waals surface area contributed by atoms with Gasteiger partial charge in [0, 0.05) is 24.1 Å². The third-order valence-corrected chi connectivity index (χ3v) is 2.76. The molecular formula is C13H14N2O3. The highest BCUT2D eigenvalue weighted by molar-refractivity contribution is 5.93. The van der Waals surface area contributed by atoms with Crippen LogP contribution >= 0.6 is 0 Å². The third-order valence-electron chi connectivity index (χ3n) is 2.76. The van der Waals surface area contributed by atoms with Crippen molar-refractivity contribution in [3.8, 4) is 0 Å². The normalized spacial score (nSPS) is 12.3. The molecule has 1 aromatic carbocycles. The summed E-state index contributed by atoms with van der Waals surface area (Å²) in [6.45, 7) is 3.11. The molecule has 0 spiro atoms. The molecule has 5 nitrogen and oxygen atoms in total. The molecule has 5 heteroatoms. The number of primary amides is 1. The molecule has 2 N–H and O–H groups in total. The van der Waals surface area contributed by atoms with E-state index in [1.807, 2.05) is 18.2 Å². The largest absolute Gasteiger partial charge is 0.458 e. The Kier molecular flexibility index (Phi) is 3.06. The molecule has 0 radical (unpaired) electrons. The summed E-state index contributed by atoms with van der Waals surface area (Å²) in [6, 6.07) is 6.78. The standard InChI is InChI=1S/C13H14N2O3/c1-8(18-9(2)16)11-7-15(13(14)17)12-6-4-3-5-10(11)12/h3-8H,1-2H3,(H2,14,17). The van der Waals surface area contributed by atoms with E-state index < -0.39 is 12.1 Å². The number of carbonyl (C=O) groups excluding carboxylic acids is 2. The summed E-state index contributed by atoms with van der Waals surface area (Å²) < 4.78 is 6.48. The van der Waals surface area contributed by atoms with Crippen LogP contribution in [-0.2, 0) is 9.53 Å². The van der Waals surface area contributed by atoms with Gasteiger partial charge >= 0.3 is 12.0 Å². The van der Waals surface area contributed by atoms with Crippen molar-refractivity contribution in [3.63, 3.8) is 0 Å². The molecule has 0 aliphatic carbocycles. The molecule has 0 saturated carbocycles. The highest BCUT2D eigenvalue weighted by Crippen LogP contribution is 2.28. The van der Waals surface area contributed by atoms with Crippen LogP contribution in [-0.4, -0.2) is 16.6 Å². The number of nitrogens with two attached hydrogens (primary N) is 1. The summed E-state index contributed by atoms with van der Waals surface area (Å²) in [5.41, 5.74) is 6.78. The Hall–Kier alpha value is -2.30. The average Bonchev–Trinajstić information content (AvgIpc) is 2.67. The van der Waals surface area contributed by atoms with Gasteiger partial charge in [-0.3, -0.25) is 9.36 Å². The zero-order valence-corrected chi connectivity index (χ0v) is 10.2. The molecule has 1 heterocycles. The van der Waals surface area contributed by atoms with E-state index in [9.17, 15) is 9.59 Å². The van der Waals surface area contributed by atoms with Gasteiger partial charge in [0.25, 0.3) is 0 Å². The lowest BCUT2D eigenvalue weighted by atomic mass is 10.1. The van der Waals surface area contributed by atoms with Crippen molar-refractivity contribution >= 4 is 22.9 Å². The number of aromatic nitrogens is 1. The molecule has 0 fully saturated rings. The zero-order chi connectivity index (χ0) is 13.3. The Morgan fingerprint density at radius 1 is 1.33 bits per heavy atom. The summed E-state index contributed by atoms with van der Waals surface area (Å²) in [4.78, 5) is 22.3. The maximum Gasteiger partial charge on any atom is 0.323 e. The zero-order valence-electron chi connectivity index (χ0n) is 10.2. The number of ether oxygens (including phenoxy) is 1. The maximum absolute atomic E-state index is 11.4. The molecule has 1 atom stereocenters. The van der Waals surface area contributed by atoms with Crippen LogP contribution in [0.1, 0.15) is 25.5 Å². The smallest absolute Gasteiger partial charge is 0.323 e. The van der Waals surface area contributed by atoms with E-state index >= 15 is 0 Å². The number of hydrogen-bond acceptors (Lipinski definition) is 3. The van der Waals surface area contributed by atoms with Gasteiger partial charge in [-0.2, -0.15) is 0 Å². The molecule has 0 bridgehead atoms. The molecule has 0 aliphatic rings. The number of fused-ring (bicyclic) bond motifs is 1. The van der Waals surface area contributed by atoms with Crippen molar-refractivity contribution in [2.75, 3.05) is 0 Å². The lowest BCUT2D eigenvalue weighted by Crippen LogP contribution is -2.18. The number of nitrogens with zero attached hydrogens (tertiary/aromatic N) is 1. The SMILES string of the molecule is CC(=O)OC(C)c1cn(C(N)=O)c2ccccc12. The fourth-order valence-corrected chi connectivity index (χ4v) is 2.02. The first-order valence-electron chi connectivity index (χ1n) is 5.57. The average molecular weight is 246 g/mol. The highest BCUT2D eigenvalue weighted by atomic mass is 16.5. The van der Waals surface area contributed by atoms with Crippen LogP contribution in [0.5, 0.6) is 0 Å². The monoisotopic (exact) mass is 246 g/mol. The molecular weight excluding hydrogens is 232 g/mol. The molecule has 18 heavy (non-hydrogen) atoms. The Morgan fingerprint density at radius 3 is 2.61 bits per heavy atom. The quantitative estimate of drug-likeness (QED) is 0.825. The van der Waals surface area contributed by atoms with Gasteiger partial charge in [-0.15, -0.1) is 0 Å². The molecule has 1 aromatic heterocycles. The third kappa shape index (κ3) is 2.07. The molecule has 1 amide bonds. The van der Waals surface area contributed by atoms with Crippen molar-refractivity contribution in [1.82, 2.24) is 4.57 Å². The van der Waals surface area contributed by atoms with Crippen LogP contribution in [0.4, 0.5) is 4.79 Å². The first-order valence-corrected chi connectivity index (χ1v) is 5.57. The predicted octanol–water partition coefficient (Wildman–Crippen LogP) is 2.19. The van der Waals surface area contributed by atoms with Crippen molar-refractivity contribution in [3.05, 3.63) is 36.0 Å². The molecule has 94 valence electrons. The lowest BCUT2D eigenvalue weighted by Gasteiger charge is -2.10. The highest BCUT2D eigenvalue weighted by Gasteiger charge is 2.17. The predicted molar refractivity (Wildman–Crippen MR) is 67.1 cm³/mol. The molecule has 1 unspecified atom stereocenters. The fourth-order valence-electron chi connectivity index (χ4n) is 2.02. The van der Waals surface area contributed by atoms with Gasteiger partial charge in [0.1, 0.15) is 6.10 Å². The number of carbonyl (C=O) groups is 2. The van der Waals surface area contributed by atoms with Crippen LogP contribution in [0.2, 0.25) is 0 Å². The first kappa shape index (κ1) is 12.2. The van der Waals surface area contributed by atoms with Gasteiger partial charge in [-0.05, 0) is 13.0 Å². The van der Waals surface area contributed by atoms with Crippen molar-refractivity contribution in [1.29, 1.82) is 0 Å². The fraction of sp³-hybridized carbons (Fsp3) is 0.231. The summed E-state index contributed by atoms with van der Waals surface area (Å²) >= 11 is 0. The second kappa shape index (κ2) is 4.52. The number of amides is 1. The number of rotatable bonds is 2. The van der Waals surface area contributed by atoms with Gasteiger partial charge < -0.3 is 10.5 Å². The second-order valence-electron chi connectivity index (χ2n) is 4.06. The summed E-state index contributed by atoms with van der Waals surface area (Å²) in [5.74, 6) is -0.363. The van der Waals surface area contributed by atoms with E-state index in [1.54, 1.807) is 19.2 Å². The number of esters is 1. The van der Waals surface area contributed by atoms with Crippen LogP contribution in [0.25, 0.3) is 10.9 Å². The Bertz CT molecular complexity index is 616. The van der Waals surface area contributed by atoms with E-state index in [2.05, 4.69) is 0 Å². The Balaban J connectivity index is 2.57. The topological polar surface area (TPSA) is 74.3 Å². The van der Waals surface area contributed by atoms with Gasteiger partial charge in [-0.1, -0.05) is 18.2 Å². The number of benzene rings is 1. The number of para-hydroxylation sites is 1. The molecule has 2 rings (SSSR count). The van der Waals surface area contributed by atoms with Crippen LogP contribution in [0, 0.1) is 0 Å². The summed E-state index contributed by atoms with van der Waals surface area (Å²) in [5, 5.41) is 0.852. The van der Waals surface area contributed by atoms with Gasteiger partial charge in [0.05, 0.1) is 5.52 Å². The minimum Gasteiger partial charge on any atom is -0.458 e. The van der Waals surface area contributed by atoms with E-state index in [-0.39, 0.29) is 5.97 Å². The van der Waals surface area contributed by atoms with Crippen LogP contribution in [0.15, 0.2) is 30.5 Å². The van der Waals surface area contributed by atoms with Crippen LogP contribution < -0.4 is 5.73 Å². The lowest BCUT2D eigenvalue weighted by molar-refractivity contribution is -0.145. The summed E-state index contributed by atoms with van der Waals surface area (Å²) in [6.07, 6.45) is 1.19. The maximum atomic E-state index is 11.4. The number of hydrogen-bond donors (Lipinski definition) is 1. The molecule has 0 saturated heterocycles. The second-order valence-corrected chi connectivity index (χ2v) is 4.06. The van der Waals surface area contributed by atoms with Gasteiger partial charge in [0.15, 0.2) is 0 Å².